The van der Waals surface area contributed by atoms with Crippen molar-refractivity contribution in [3.63, 3.8) is 0 Å². The van der Waals surface area contributed by atoms with Gasteiger partial charge in [-0.2, -0.15) is 0 Å². The second-order valence-electron chi connectivity index (χ2n) is 5.26. The molecule has 0 aliphatic heterocycles. The maximum Gasteiger partial charge on any atom is 0.269 e. The number of rotatable bonds is 5. The van der Waals surface area contributed by atoms with Crippen LogP contribution in [0.25, 0.3) is 0 Å². The Morgan fingerprint density at radius 2 is 1.55 bits per heavy atom. The van der Waals surface area contributed by atoms with Crippen molar-refractivity contribution in [1.29, 1.82) is 0 Å². The molecule has 0 unspecified atom stereocenters. The molecule has 0 saturated carbocycles. The molecule has 0 N–H and O–H groups in total. The number of hydrogen-bond donors (Lipinski definition) is 0. The van der Waals surface area contributed by atoms with Gasteiger partial charge in [-0.15, -0.1) is 0 Å². The van der Waals surface area contributed by atoms with E-state index >= 15 is 0 Å². The summed E-state index contributed by atoms with van der Waals surface area (Å²) < 4.78 is 0. The van der Waals surface area contributed by atoms with E-state index in [9.17, 15) is 10.1 Å². The number of benzene rings is 2. The molecule has 0 aromatic heterocycles. The highest BCUT2D eigenvalue weighted by atomic mass is 16.6. The van der Waals surface area contributed by atoms with Gasteiger partial charge < -0.3 is 4.84 Å². The van der Waals surface area contributed by atoms with Crippen LogP contribution in [0.1, 0.15) is 30.5 Å². The van der Waals surface area contributed by atoms with Crippen LogP contribution in [0.4, 0.5) is 5.69 Å². The van der Waals surface area contributed by atoms with Crippen LogP contribution in [0.15, 0.2) is 53.7 Å². The molecule has 0 radical (unpaired) electrons. The number of hydrogen-bond acceptors (Lipinski definition) is 4. The Morgan fingerprint density at radius 3 is 2.00 bits per heavy atom. The molecule has 0 fully saturated rings. The lowest BCUT2D eigenvalue weighted by molar-refractivity contribution is -0.384. The third kappa shape index (κ3) is 3.91. The van der Waals surface area contributed by atoms with Crippen LogP contribution in [0, 0.1) is 17.0 Å². The second kappa shape index (κ2) is 6.85. The molecule has 5 nitrogen and oxygen atoms in total. The van der Waals surface area contributed by atoms with E-state index in [4.69, 9.17) is 4.84 Å². The highest BCUT2D eigenvalue weighted by Crippen LogP contribution is 2.17. The Morgan fingerprint density at radius 1 is 1.05 bits per heavy atom. The smallest absolute Gasteiger partial charge is 0.269 e. The summed E-state index contributed by atoms with van der Waals surface area (Å²) in [7, 11) is 0. The Hall–Kier alpha value is -2.69. The van der Waals surface area contributed by atoms with Crippen molar-refractivity contribution in [2.75, 3.05) is 0 Å². The van der Waals surface area contributed by atoms with Crippen molar-refractivity contribution < 1.29 is 9.76 Å². The van der Waals surface area contributed by atoms with Crippen molar-refractivity contribution in [2.45, 2.75) is 26.9 Å². The van der Waals surface area contributed by atoms with Crippen LogP contribution in [0.5, 0.6) is 0 Å². The molecule has 22 heavy (non-hydrogen) atoms. The number of nitro benzene ring substituents is 1. The van der Waals surface area contributed by atoms with Crippen molar-refractivity contribution in [1.82, 2.24) is 0 Å². The lowest BCUT2D eigenvalue weighted by Crippen LogP contribution is -2.07. The first kappa shape index (κ1) is 15.7. The number of oxime groups is 1. The molecule has 0 aliphatic carbocycles. The summed E-state index contributed by atoms with van der Waals surface area (Å²) in [6, 6.07) is 14.2. The maximum atomic E-state index is 10.8. The fraction of sp³-hybridized carbons (Fsp3) is 0.235. The van der Waals surface area contributed by atoms with Crippen molar-refractivity contribution in [3.8, 4) is 0 Å². The normalized spacial score (nSPS) is 11.5. The minimum absolute atomic E-state index is 0.0431. The Labute approximate surface area is 129 Å². The average Bonchev–Trinajstić information content (AvgIpc) is 2.49. The van der Waals surface area contributed by atoms with E-state index in [-0.39, 0.29) is 11.8 Å². The number of non-ortho nitro benzene ring substituents is 1. The van der Waals surface area contributed by atoms with Gasteiger partial charge in [-0.1, -0.05) is 35.0 Å². The van der Waals surface area contributed by atoms with Crippen LogP contribution < -0.4 is 0 Å². The second-order valence-corrected chi connectivity index (χ2v) is 5.26. The van der Waals surface area contributed by atoms with Gasteiger partial charge in [-0.3, -0.25) is 10.1 Å². The standard InChI is InChI=1S/C17H18N2O3/c1-12(2)22-18-17(14-6-4-13(3)5-7-14)15-8-10-16(11-9-15)19(20)21/h4-12H,1-3H3/b18-17-. The third-order valence-electron chi connectivity index (χ3n) is 3.03. The van der Waals surface area contributed by atoms with Gasteiger partial charge in [0.25, 0.3) is 5.69 Å². The first-order valence-corrected chi connectivity index (χ1v) is 7.03. The zero-order valence-electron chi connectivity index (χ0n) is 12.8. The summed E-state index contributed by atoms with van der Waals surface area (Å²) in [6.45, 7) is 5.80. The largest absolute Gasteiger partial charge is 0.393 e. The molecule has 0 saturated heterocycles. The zero-order chi connectivity index (χ0) is 16.1. The quantitative estimate of drug-likeness (QED) is 0.474. The zero-order valence-corrected chi connectivity index (χ0v) is 12.8. The summed E-state index contributed by atoms with van der Waals surface area (Å²) in [5.74, 6) is 0. The van der Waals surface area contributed by atoms with Crippen LogP contribution in [-0.2, 0) is 4.84 Å². The lowest BCUT2D eigenvalue weighted by Gasteiger charge is -2.09. The van der Waals surface area contributed by atoms with Crippen LogP contribution in [-0.4, -0.2) is 16.7 Å². The summed E-state index contributed by atoms with van der Waals surface area (Å²) in [4.78, 5) is 15.7. The monoisotopic (exact) mass is 298 g/mol. The first-order chi connectivity index (χ1) is 10.5. The van der Waals surface area contributed by atoms with E-state index in [1.165, 1.54) is 12.1 Å². The molecule has 0 bridgehead atoms. The molecular formula is C17H18N2O3. The summed E-state index contributed by atoms with van der Waals surface area (Å²) in [5.41, 5.74) is 3.53. The molecule has 5 heteroatoms. The molecule has 2 aromatic rings. The molecule has 0 heterocycles. The van der Waals surface area contributed by atoms with Crippen molar-refractivity contribution in [3.05, 3.63) is 75.3 Å². The van der Waals surface area contributed by atoms with Gasteiger partial charge in [0.2, 0.25) is 0 Å². The molecule has 2 rings (SSSR count). The van der Waals surface area contributed by atoms with E-state index in [1.54, 1.807) is 12.1 Å². The molecule has 0 aliphatic rings. The molecule has 0 spiro atoms. The van der Waals surface area contributed by atoms with E-state index in [0.29, 0.717) is 5.71 Å². The van der Waals surface area contributed by atoms with Crippen molar-refractivity contribution in [2.24, 2.45) is 5.16 Å². The molecule has 114 valence electrons. The summed E-state index contributed by atoms with van der Waals surface area (Å²) >= 11 is 0. The van der Waals surface area contributed by atoms with E-state index in [0.717, 1.165) is 16.7 Å². The predicted octanol–water partition coefficient (Wildman–Crippen LogP) is 4.08. The van der Waals surface area contributed by atoms with Crippen LogP contribution in [0.3, 0.4) is 0 Å². The highest BCUT2D eigenvalue weighted by molar-refractivity contribution is 6.12. The van der Waals surface area contributed by atoms with Gasteiger partial charge in [-0.05, 0) is 32.9 Å². The van der Waals surface area contributed by atoms with Crippen molar-refractivity contribution >= 4 is 11.4 Å². The van der Waals surface area contributed by atoms with Gasteiger partial charge in [0.1, 0.15) is 11.8 Å². The summed E-state index contributed by atoms with van der Waals surface area (Å²) in [5, 5.41) is 15.0. The summed E-state index contributed by atoms with van der Waals surface area (Å²) in [6.07, 6.45) is -0.0431. The van der Waals surface area contributed by atoms with Crippen LogP contribution >= 0.6 is 0 Å². The Balaban J connectivity index is 2.41. The number of aryl methyl sites for hydroxylation is 1. The molecule has 2 aromatic carbocycles. The van der Waals surface area contributed by atoms with E-state index in [1.807, 2.05) is 45.0 Å². The average molecular weight is 298 g/mol. The molecular weight excluding hydrogens is 280 g/mol. The van der Waals surface area contributed by atoms with Gasteiger partial charge in [-0.25, -0.2) is 0 Å². The lowest BCUT2D eigenvalue weighted by atomic mass is 10.0. The Kier molecular flexibility index (Phi) is 4.88. The van der Waals surface area contributed by atoms with E-state index in [2.05, 4.69) is 5.16 Å². The fourth-order valence-electron chi connectivity index (χ4n) is 1.88. The van der Waals surface area contributed by atoms with Gasteiger partial charge in [0.05, 0.1) is 4.92 Å². The number of nitrogens with zero attached hydrogens (tertiary/aromatic N) is 2. The third-order valence-corrected chi connectivity index (χ3v) is 3.03. The van der Waals surface area contributed by atoms with Gasteiger partial charge >= 0.3 is 0 Å². The molecule has 0 amide bonds. The van der Waals surface area contributed by atoms with Gasteiger partial charge in [0.15, 0.2) is 0 Å². The Bertz CT molecular complexity index is 674. The first-order valence-electron chi connectivity index (χ1n) is 7.03. The molecule has 0 atom stereocenters. The highest BCUT2D eigenvalue weighted by Gasteiger charge is 2.11. The minimum Gasteiger partial charge on any atom is -0.393 e. The van der Waals surface area contributed by atoms with E-state index < -0.39 is 4.92 Å². The topological polar surface area (TPSA) is 64.7 Å². The predicted molar refractivity (Wildman–Crippen MR) is 86.1 cm³/mol. The van der Waals surface area contributed by atoms with Crippen LogP contribution in [0.2, 0.25) is 0 Å². The maximum absolute atomic E-state index is 10.8. The minimum atomic E-state index is -0.420. The fourth-order valence-corrected chi connectivity index (χ4v) is 1.88. The van der Waals surface area contributed by atoms with Gasteiger partial charge in [0, 0.05) is 23.3 Å². The SMILES string of the molecule is Cc1ccc(/C(=N/OC(C)C)c2ccc([N+](=O)[O-])cc2)cc1. The number of nitro groups is 1.